The maximum absolute atomic E-state index is 11.0. The molecule has 0 bridgehead atoms. The molecule has 0 spiro atoms. The van der Waals surface area contributed by atoms with Crippen LogP contribution in [0.25, 0.3) is 20.3 Å². The van der Waals surface area contributed by atoms with Gasteiger partial charge >= 0.3 is 5.97 Å². The number of methoxy groups -OCH3 is 1. The quantitative estimate of drug-likeness (QED) is 0.392. The molecule has 0 saturated carbocycles. The fraction of sp³-hybridized carbons (Fsp3) is 0.227. The van der Waals surface area contributed by atoms with Crippen molar-refractivity contribution < 1.29 is 14.6 Å². The molecular formula is C22H20ClN3O3S. The summed E-state index contributed by atoms with van der Waals surface area (Å²) >= 11 is 7.81. The molecule has 2 heterocycles. The summed E-state index contributed by atoms with van der Waals surface area (Å²) in [5, 5.41) is 15.1. The van der Waals surface area contributed by atoms with Crippen LogP contribution in [0, 0.1) is 0 Å². The van der Waals surface area contributed by atoms with Gasteiger partial charge in [-0.15, -0.1) is 11.3 Å². The second-order valence-electron chi connectivity index (χ2n) is 6.81. The van der Waals surface area contributed by atoms with Crippen LogP contribution >= 0.6 is 22.9 Å². The van der Waals surface area contributed by atoms with Gasteiger partial charge in [0.15, 0.2) is 0 Å². The Hall–Kier alpha value is -2.90. The van der Waals surface area contributed by atoms with Crippen molar-refractivity contribution in [2.45, 2.75) is 19.3 Å². The van der Waals surface area contributed by atoms with Crippen LogP contribution in [-0.4, -0.2) is 34.7 Å². The number of nitrogens with one attached hydrogen (secondary N) is 1. The largest absolute Gasteiger partial charge is 0.495 e. The number of fused-ring (bicyclic) bond motifs is 3. The molecule has 0 unspecified atom stereocenters. The van der Waals surface area contributed by atoms with E-state index in [0.29, 0.717) is 29.6 Å². The van der Waals surface area contributed by atoms with Gasteiger partial charge in [-0.25, -0.2) is 9.97 Å². The topological polar surface area (TPSA) is 84.3 Å². The van der Waals surface area contributed by atoms with E-state index < -0.39 is 5.97 Å². The number of carbonyl (C=O) groups is 1. The number of carboxylic acid groups (broad SMARTS) is 1. The van der Waals surface area contributed by atoms with Crippen molar-refractivity contribution in [1.82, 2.24) is 9.97 Å². The van der Waals surface area contributed by atoms with Gasteiger partial charge in [0.25, 0.3) is 0 Å². The number of hydrogen-bond donors (Lipinski definition) is 2. The first-order chi connectivity index (χ1) is 14.5. The highest BCUT2D eigenvalue weighted by Crippen LogP contribution is 2.36. The summed E-state index contributed by atoms with van der Waals surface area (Å²) in [4.78, 5) is 21.1. The third-order valence-electron chi connectivity index (χ3n) is 4.77. The summed E-state index contributed by atoms with van der Waals surface area (Å²) in [6, 6.07) is 13.9. The van der Waals surface area contributed by atoms with E-state index in [4.69, 9.17) is 21.4 Å². The van der Waals surface area contributed by atoms with Gasteiger partial charge in [-0.05, 0) is 30.2 Å². The summed E-state index contributed by atoms with van der Waals surface area (Å²) < 4.78 is 6.33. The van der Waals surface area contributed by atoms with Crippen LogP contribution in [-0.2, 0) is 17.6 Å². The minimum absolute atomic E-state index is 0.000188. The van der Waals surface area contributed by atoms with Crippen molar-refractivity contribution in [2.75, 3.05) is 19.0 Å². The lowest BCUT2D eigenvalue weighted by Gasteiger charge is -2.10. The standard InChI is InChI=1S/C22H20ClN3O3S/c1-29-16-7-6-13(12-15(16)23)10-11-24-21-20-14-4-2-3-5-17(14)30-22(20)26-18(25-21)8-9-19(27)28/h2-7,12H,8-11H2,1H3,(H,27,28)(H,24,25,26). The first-order valence-electron chi connectivity index (χ1n) is 9.51. The molecule has 0 fully saturated rings. The number of halogens is 1. The lowest BCUT2D eigenvalue weighted by atomic mass is 10.1. The molecule has 154 valence electrons. The third-order valence-corrected chi connectivity index (χ3v) is 6.13. The molecule has 0 aliphatic rings. The number of aliphatic carboxylic acids is 1. The number of nitrogens with zero attached hydrogens (tertiary/aromatic N) is 2. The molecule has 8 heteroatoms. The average Bonchev–Trinajstić information content (AvgIpc) is 3.11. The van der Waals surface area contributed by atoms with Crippen LogP contribution in [0.5, 0.6) is 5.75 Å². The number of anilines is 1. The molecule has 30 heavy (non-hydrogen) atoms. The first kappa shape index (κ1) is 20.4. The molecular weight excluding hydrogens is 422 g/mol. The normalized spacial score (nSPS) is 11.1. The zero-order valence-corrected chi connectivity index (χ0v) is 17.9. The lowest BCUT2D eigenvalue weighted by molar-refractivity contribution is -0.137. The van der Waals surface area contributed by atoms with E-state index in [1.807, 2.05) is 30.3 Å². The molecule has 0 radical (unpaired) electrons. The van der Waals surface area contributed by atoms with Gasteiger partial charge in [0.2, 0.25) is 0 Å². The second kappa shape index (κ2) is 8.85. The second-order valence-corrected chi connectivity index (χ2v) is 8.24. The number of thiophene rings is 1. The molecule has 4 rings (SSSR count). The number of benzene rings is 2. The summed E-state index contributed by atoms with van der Waals surface area (Å²) in [6.07, 6.45) is 1.05. The Morgan fingerprint density at radius 2 is 2.03 bits per heavy atom. The zero-order chi connectivity index (χ0) is 21.1. The number of rotatable bonds is 8. The molecule has 2 aromatic heterocycles. The van der Waals surface area contributed by atoms with E-state index in [2.05, 4.69) is 27.4 Å². The predicted molar refractivity (Wildman–Crippen MR) is 121 cm³/mol. The van der Waals surface area contributed by atoms with E-state index >= 15 is 0 Å². The molecule has 6 nitrogen and oxygen atoms in total. The highest BCUT2D eigenvalue weighted by Gasteiger charge is 2.15. The Bertz CT molecular complexity index is 1230. The predicted octanol–water partition coefficient (Wildman–Crippen LogP) is 5.18. The number of aromatic nitrogens is 2. The molecule has 2 N–H and O–H groups in total. The van der Waals surface area contributed by atoms with Crippen molar-refractivity contribution in [3.8, 4) is 5.75 Å². The van der Waals surface area contributed by atoms with Gasteiger partial charge in [0.05, 0.1) is 23.9 Å². The Morgan fingerprint density at radius 1 is 1.20 bits per heavy atom. The van der Waals surface area contributed by atoms with E-state index in [-0.39, 0.29) is 6.42 Å². The van der Waals surface area contributed by atoms with Crippen LogP contribution in [0.1, 0.15) is 17.8 Å². The van der Waals surface area contributed by atoms with Crippen LogP contribution in [0.4, 0.5) is 5.82 Å². The third kappa shape index (κ3) is 4.32. The molecule has 0 atom stereocenters. The maximum atomic E-state index is 11.0. The van der Waals surface area contributed by atoms with E-state index in [1.54, 1.807) is 18.4 Å². The van der Waals surface area contributed by atoms with Crippen molar-refractivity contribution in [2.24, 2.45) is 0 Å². The molecule has 0 aliphatic heterocycles. The smallest absolute Gasteiger partial charge is 0.303 e. The number of carboxylic acids is 1. The van der Waals surface area contributed by atoms with Crippen molar-refractivity contribution in [3.63, 3.8) is 0 Å². The lowest BCUT2D eigenvalue weighted by Crippen LogP contribution is -2.09. The van der Waals surface area contributed by atoms with Crippen LogP contribution in [0.3, 0.4) is 0 Å². The van der Waals surface area contributed by atoms with Crippen molar-refractivity contribution in [1.29, 1.82) is 0 Å². The minimum Gasteiger partial charge on any atom is -0.495 e. The fourth-order valence-electron chi connectivity index (χ4n) is 3.32. The van der Waals surface area contributed by atoms with Gasteiger partial charge in [-0.3, -0.25) is 4.79 Å². The van der Waals surface area contributed by atoms with E-state index in [1.165, 1.54) is 0 Å². The number of hydrogen-bond acceptors (Lipinski definition) is 6. The highest BCUT2D eigenvalue weighted by atomic mass is 35.5. The minimum atomic E-state index is -0.860. The maximum Gasteiger partial charge on any atom is 0.303 e. The monoisotopic (exact) mass is 441 g/mol. The Kier molecular flexibility index (Phi) is 6.01. The summed E-state index contributed by atoms with van der Waals surface area (Å²) in [6.45, 7) is 0.650. The van der Waals surface area contributed by atoms with Crippen molar-refractivity contribution in [3.05, 3.63) is 58.9 Å². The van der Waals surface area contributed by atoms with Gasteiger partial charge in [0, 0.05) is 23.1 Å². The first-order valence-corrected chi connectivity index (χ1v) is 10.7. The SMILES string of the molecule is COc1ccc(CCNc2nc(CCC(=O)O)nc3sc4ccccc4c23)cc1Cl. The number of ether oxygens (including phenoxy) is 1. The van der Waals surface area contributed by atoms with Gasteiger partial charge < -0.3 is 15.2 Å². The molecule has 2 aromatic carbocycles. The van der Waals surface area contributed by atoms with Crippen LogP contribution in [0.15, 0.2) is 42.5 Å². The molecule has 0 saturated heterocycles. The Balaban J connectivity index is 1.62. The van der Waals surface area contributed by atoms with Crippen molar-refractivity contribution >= 4 is 55.0 Å². The fourth-order valence-corrected chi connectivity index (χ4v) is 4.69. The van der Waals surface area contributed by atoms with Crippen LogP contribution in [0.2, 0.25) is 5.02 Å². The summed E-state index contributed by atoms with van der Waals surface area (Å²) in [5.74, 6) is 1.06. The highest BCUT2D eigenvalue weighted by molar-refractivity contribution is 7.25. The Morgan fingerprint density at radius 3 is 2.80 bits per heavy atom. The zero-order valence-electron chi connectivity index (χ0n) is 16.3. The molecule has 4 aromatic rings. The molecule has 0 aliphatic carbocycles. The average molecular weight is 442 g/mol. The Labute approximate surface area is 182 Å². The van der Waals surface area contributed by atoms with Gasteiger partial charge in [-0.1, -0.05) is 35.9 Å². The van der Waals surface area contributed by atoms with Crippen LogP contribution < -0.4 is 10.1 Å². The van der Waals surface area contributed by atoms with Gasteiger partial charge in [0.1, 0.15) is 22.2 Å². The number of aryl methyl sites for hydroxylation is 1. The van der Waals surface area contributed by atoms with E-state index in [9.17, 15) is 4.79 Å². The van der Waals surface area contributed by atoms with E-state index in [0.717, 1.165) is 38.1 Å². The summed E-state index contributed by atoms with van der Waals surface area (Å²) in [7, 11) is 1.59. The summed E-state index contributed by atoms with van der Waals surface area (Å²) in [5.41, 5.74) is 1.08. The molecule has 0 amide bonds. The van der Waals surface area contributed by atoms with Gasteiger partial charge in [-0.2, -0.15) is 0 Å².